The number of fused-ring (bicyclic) bond motifs is 8. The van der Waals surface area contributed by atoms with E-state index < -0.39 is 154 Å². The number of hydrogen-bond acceptors (Lipinski definition) is 4. The fraction of sp³-hybridized carbons (Fsp3) is 0. The van der Waals surface area contributed by atoms with E-state index in [1.54, 1.807) is 78.9 Å². The molecular formula is C56H23F15N6. The number of H-pyrrole nitrogens is 2. The summed E-state index contributed by atoms with van der Waals surface area (Å²) in [6, 6.07) is 25.7. The van der Waals surface area contributed by atoms with Crippen molar-refractivity contribution in [1.29, 1.82) is 0 Å². The molecule has 0 amide bonds. The first-order chi connectivity index (χ1) is 37.0. The highest BCUT2D eigenvalue weighted by Gasteiger charge is 2.34. The number of hydrogen-bond donors (Lipinski definition) is 2. The summed E-state index contributed by atoms with van der Waals surface area (Å²) in [4.78, 5) is 14.2. The highest BCUT2D eigenvalue weighted by atomic mass is 19.2. The maximum absolute atomic E-state index is 16.2. The van der Waals surface area contributed by atoms with E-state index in [1.807, 2.05) is 0 Å². The number of aromatic amines is 2. The Morgan fingerprint density at radius 3 is 0.948 bits per heavy atom. The van der Waals surface area contributed by atoms with E-state index in [4.69, 9.17) is 0 Å². The largest absolute Gasteiger partial charge is 0.354 e. The minimum absolute atomic E-state index is 0.00113. The first-order valence-electron chi connectivity index (χ1n) is 22.3. The van der Waals surface area contributed by atoms with Crippen LogP contribution in [0.2, 0.25) is 0 Å². The van der Waals surface area contributed by atoms with Gasteiger partial charge in [-0.05, 0) is 77.9 Å². The molecule has 0 spiro atoms. The van der Waals surface area contributed by atoms with E-state index in [0.717, 1.165) is 36.4 Å². The van der Waals surface area contributed by atoms with Crippen molar-refractivity contribution in [3.05, 3.63) is 213 Å². The van der Waals surface area contributed by atoms with Crippen LogP contribution < -0.4 is 0 Å². The van der Waals surface area contributed by atoms with Crippen LogP contribution in [0.1, 0.15) is 22.8 Å². The Balaban J connectivity index is 1.35. The zero-order valence-corrected chi connectivity index (χ0v) is 38.1. The molecule has 11 rings (SSSR count). The fourth-order valence-electron chi connectivity index (χ4n) is 9.08. The van der Waals surface area contributed by atoms with E-state index >= 15 is 52.7 Å². The van der Waals surface area contributed by atoms with Gasteiger partial charge in [0, 0.05) is 49.9 Å². The summed E-state index contributed by atoms with van der Waals surface area (Å²) >= 11 is 0. The molecule has 6 nitrogen and oxygen atoms in total. The van der Waals surface area contributed by atoms with Crippen LogP contribution >= 0.6 is 0 Å². The first-order valence-corrected chi connectivity index (χ1v) is 22.3. The van der Waals surface area contributed by atoms with Crippen LogP contribution in [0.4, 0.5) is 77.2 Å². The van der Waals surface area contributed by atoms with Crippen molar-refractivity contribution in [2.24, 2.45) is 10.2 Å². The highest BCUT2D eigenvalue weighted by molar-refractivity contribution is 6.02. The summed E-state index contributed by atoms with van der Waals surface area (Å²) in [6.07, 6.45) is 3.94. The summed E-state index contributed by atoms with van der Waals surface area (Å²) in [5, 5.41) is 8.81. The molecule has 382 valence electrons. The second-order valence-corrected chi connectivity index (χ2v) is 16.9. The van der Waals surface area contributed by atoms with Crippen molar-refractivity contribution in [1.82, 2.24) is 19.9 Å². The van der Waals surface area contributed by atoms with Crippen molar-refractivity contribution < 1.29 is 65.9 Å². The SMILES string of the molecule is Fc1c(F)c(F)c(-c2c3nc(c(-c4c(F)c(F)c(F)c(F)c4F)c4ccc([nH]4)c(-c4c(F)c(F)c(F)c(F)c4F)c4nc(c(-c5ccccc5-c5ccccc5N=Nc5ccccc5)c5ccc2[nH]5)C=C4)C=C3)c(F)c1F. The molecule has 2 aliphatic heterocycles. The fourth-order valence-corrected chi connectivity index (χ4v) is 9.08. The van der Waals surface area contributed by atoms with Crippen LogP contribution in [-0.4, -0.2) is 19.9 Å². The maximum Gasteiger partial charge on any atom is 0.200 e. The van der Waals surface area contributed by atoms with Gasteiger partial charge < -0.3 is 9.97 Å². The van der Waals surface area contributed by atoms with Gasteiger partial charge in [0.25, 0.3) is 0 Å². The first kappa shape index (κ1) is 49.7. The third-order valence-corrected chi connectivity index (χ3v) is 12.6. The number of halogens is 15. The van der Waals surface area contributed by atoms with E-state index in [9.17, 15) is 13.2 Å². The average molecular weight is 1060 g/mol. The molecule has 5 heterocycles. The normalized spacial score (nSPS) is 12.2. The van der Waals surface area contributed by atoms with Gasteiger partial charge in [0.2, 0.25) is 17.5 Å². The van der Waals surface area contributed by atoms with Crippen molar-refractivity contribution >= 4 is 57.7 Å². The Bertz CT molecular complexity index is 4140. The lowest BCUT2D eigenvalue weighted by atomic mass is 9.92. The average Bonchev–Trinajstić information content (AvgIpc) is 4.34. The molecule has 3 aromatic heterocycles. The summed E-state index contributed by atoms with van der Waals surface area (Å²) in [5.74, 6) is -36.9. The topological polar surface area (TPSA) is 82.1 Å². The van der Waals surface area contributed by atoms with Crippen LogP contribution in [0.25, 0.3) is 102 Å². The van der Waals surface area contributed by atoms with Crippen LogP contribution in [-0.2, 0) is 0 Å². The number of nitrogens with one attached hydrogen (secondary N) is 2. The lowest BCUT2D eigenvalue weighted by Crippen LogP contribution is -2.06. The second kappa shape index (κ2) is 19.0. The summed E-state index contributed by atoms with van der Waals surface area (Å²) in [7, 11) is 0. The van der Waals surface area contributed by atoms with Crippen molar-refractivity contribution in [2.45, 2.75) is 0 Å². The predicted octanol–water partition coefficient (Wildman–Crippen LogP) is 17.5. The molecule has 0 radical (unpaired) electrons. The van der Waals surface area contributed by atoms with Crippen molar-refractivity contribution in [3.8, 4) is 55.6 Å². The van der Waals surface area contributed by atoms with Crippen molar-refractivity contribution in [2.75, 3.05) is 0 Å². The number of nitrogens with zero attached hydrogens (tertiary/aromatic N) is 4. The molecule has 2 aliphatic rings. The van der Waals surface area contributed by atoms with Crippen molar-refractivity contribution in [3.63, 3.8) is 0 Å². The molecule has 77 heavy (non-hydrogen) atoms. The Kier molecular flexibility index (Phi) is 12.3. The minimum atomic E-state index is -2.62. The van der Waals surface area contributed by atoms with E-state index in [0.29, 0.717) is 22.5 Å². The molecule has 8 bridgehead atoms. The molecule has 0 saturated carbocycles. The third-order valence-electron chi connectivity index (χ3n) is 12.6. The molecular weight excluding hydrogens is 1040 g/mol. The Morgan fingerprint density at radius 1 is 0.260 bits per heavy atom. The molecule has 0 saturated heterocycles. The quantitative estimate of drug-likeness (QED) is 0.0722. The lowest BCUT2D eigenvalue weighted by molar-refractivity contribution is 0.381. The van der Waals surface area contributed by atoms with Crippen LogP contribution in [0.3, 0.4) is 0 Å². The van der Waals surface area contributed by atoms with Crippen LogP contribution in [0.15, 0.2) is 113 Å². The van der Waals surface area contributed by atoms with Gasteiger partial charge in [-0.3, -0.25) is 0 Å². The molecule has 0 unspecified atom stereocenters. The van der Waals surface area contributed by atoms with Crippen LogP contribution in [0.5, 0.6) is 0 Å². The molecule has 0 fully saturated rings. The van der Waals surface area contributed by atoms with E-state index in [2.05, 4.69) is 30.2 Å². The highest BCUT2D eigenvalue weighted by Crippen LogP contribution is 2.46. The molecule has 21 heteroatoms. The molecule has 2 N–H and O–H groups in total. The summed E-state index contributed by atoms with van der Waals surface area (Å²) in [6.45, 7) is 0. The van der Waals surface area contributed by atoms with Gasteiger partial charge in [-0.2, -0.15) is 5.11 Å². The third kappa shape index (κ3) is 8.03. The van der Waals surface area contributed by atoms with Gasteiger partial charge in [0.05, 0.1) is 50.8 Å². The van der Waals surface area contributed by atoms with E-state index in [1.165, 1.54) is 12.1 Å². The zero-order chi connectivity index (χ0) is 54.3. The molecule has 0 atom stereocenters. The standard InChI is InChI=1S/C56H23F15N6/c57-42-39(43(58)49(64)54(69)48(42)63)36-29-16-14-27(72-29)35(25-12-5-4-10-23(25)24-11-6-7-13-26(24)77-76-22-8-2-1-3-9-22)28-15-17-30(73-28)37(40-44(59)50(65)55(70)51(66)45(40)60)32-19-21-34(75-32)38(33-20-18-31(36)74-33)41-46(61)52(67)56(71)53(68)47(41)62/h1-21,72,75H. The minimum Gasteiger partial charge on any atom is -0.354 e. The summed E-state index contributed by atoms with van der Waals surface area (Å²) < 4.78 is 232. The van der Waals surface area contributed by atoms with E-state index in [-0.39, 0.29) is 22.3 Å². The van der Waals surface area contributed by atoms with Gasteiger partial charge in [-0.15, -0.1) is 5.11 Å². The number of rotatable bonds is 7. The van der Waals surface area contributed by atoms with Gasteiger partial charge >= 0.3 is 0 Å². The number of azo groups is 1. The van der Waals surface area contributed by atoms with Gasteiger partial charge in [0.15, 0.2) is 69.8 Å². The molecule has 9 aromatic rings. The lowest BCUT2D eigenvalue weighted by Gasteiger charge is -2.13. The number of aromatic nitrogens is 4. The van der Waals surface area contributed by atoms with Gasteiger partial charge in [0.1, 0.15) is 0 Å². The van der Waals surface area contributed by atoms with Gasteiger partial charge in [-0.1, -0.05) is 60.7 Å². The van der Waals surface area contributed by atoms with Crippen LogP contribution in [0, 0.1) is 87.3 Å². The van der Waals surface area contributed by atoms with Gasteiger partial charge in [-0.25, -0.2) is 75.8 Å². The Labute approximate surface area is 421 Å². The molecule has 0 aliphatic carbocycles. The maximum atomic E-state index is 16.2. The zero-order valence-electron chi connectivity index (χ0n) is 38.1. The molecule has 6 aromatic carbocycles. The Hall–Kier alpha value is -9.53. The predicted molar refractivity (Wildman–Crippen MR) is 256 cm³/mol. The Morgan fingerprint density at radius 2 is 0.558 bits per heavy atom. The number of benzene rings is 6. The monoisotopic (exact) mass is 1060 g/mol. The smallest absolute Gasteiger partial charge is 0.200 e. The summed E-state index contributed by atoms with van der Waals surface area (Å²) in [5.41, 5.74) is -10.5. The second-order valence-electron chi connectivity index (χ2n) is 16.9.